The van der Waals surface area contributed by atoms with E-state index in [2.05, 4.69) is 28.3 Å². The molecule has 0 saturated heterocycles. The minimum Gasteiger partial charge on any atom is -0.265 e. The number of nitriles is 1. The highest BCUT2D eigenvalue weighted by Crippen LogP contribution is 2.25. The fraction of sp³-hybridized carbons (Fsp3) is 0.176. The van der Waals surface area contributed by atoms with Crippen LogP contribution in [0.2, 0.25) is 0 Å². The smallest absolute Gasteiger partial charge is 0.117 e. The maximum atomic E-state index is 8.83. The van der Waals surface area contributed by atoms with Gasteiger partial charge in [0.25, 0.3) is 0 Å². The number of pyridine rings is 1. The molecule has 0 saturated carbocycles. The molecule has 114 valence electrons. The van der Waals surface area contributed by atoms with E-state index >= 15 is 0 Å². The van der Waals surface area contributed by atoms with E-state index in [1.54, 1.807) is 24.3 Å². The molecule has 0 spiro atoms. The highest BCUT2D eigenvalue weighted by Gasteiger charge is 2.13. The van der Waals surface area contributed by atoms with Gasteiger partial charge in [-0.1, -0.05) is 24.3 Å². The first-order valence-corrected chi connectivity index (χ1v) is 8.23. The Kier molecular flexibility index (Phi) is 4.69. The molecule has 0 atom stereocenters. The Morgan fingerprint density at radius 3 is 2.52 bits per heavy atom. The first-order chi connectivity index (χ1) is 11.3. The van der Waals surface area contributed by atoms with Gasteiger partial charge in [0.05, 0.1) is 17.3 Å². The van der Waals surface area contributed by atoms with Crippen LogP contribution in [0.4, 0.5) is 0 Å². The molecule has 23 heavy (non-hydrogen) atoms. The molecule has 2 aromatic heterocycles. The van der Waals surface area contributed by atoms with Gasteiger partial charge in [-0.2, -0.15) is 9.35 Å². The third-order valence-corrected chi connectivity index (χ3v) is 4.46. The quantitative estimate of drug-likeness (QED) is 0.720. The van der Waals surface area contributed by atoms with Crippen LogP contribution in [0.5, 0.6) is 0 Å². The molecular weight excluding hydrogens is 306 g/mol. The van der Waals surface area contributed by atoms with Crippen molar-refractivity contribution in [2.75, 3.05) is 0 Å². The van der Waals surface area contributed by atoms with Gasteiger partial charge in [-0.05, 0) is 48.2 Å². The first-order valence-electron chi connectivity index (χ1n) is 7.29. The second kappa shape index (κ2) is 7.07. The fourth-order valence-corrected chi connectivity index (χ4v) is 3.16. The maximum absolute atomic E-state index is 8.83. The van der Waals surface area contributed by atoms with E-state index in [1.165, 1.54) is 0 Å². The molecule has 0 unspecified atom stereocenters. The largest absolute Gasteiger partial charge is 0.265 e. The molecular formula is C17H15N5S. The molecule has 0 bridgehead atoms. The number of hydrogen-bond acceptors (Lipinski definition) is 5. The van der Waals surface area contributed by atoms with Crippen molar-refractivity contribution in [1.29, 1.82) is 5.26 Å². The molecule has 6 heteroatoms. The van der Waals surface area contributed by atoms with Crippen molar-refractivity contribution in [3.8, 4) is 17.3 Å². The van der Waals surface area contributed by atoms with E-state index in [0.717, 1.165) is 34.7 Å². The molecule has 3 aromatic rings. The van der Waals surface area contributed by atoms with Crippen molar-refractivity contribution in [3.05, 3.63) is 65.6 Å². The topological polar surface area (TPSA) is 67.4 Å². The van der Waals surface area contributed by atoms with Crippen LogP contribution < -0.4 is 0 Å². The lowest BCUT2D eigenvalue weighted by atomic mass is 10.1. The second-order valence-corrected chi connectivity index (χ2v) is 5.82. The van der Waals surface area contributed by atoms with Crippen molar-refractivity contribution in [1.82, 2.24) is 19.4 Å². The highest BCUT2D eigenvalue weighted by atomic mass is 32.2. The van der Waals surface area contributed by atoms with Gasteiger partial charge < -0.3 is 0 Å². The third-order valence-electron chi connectivity index (χ3n) is 3.46. The number of rotatable bonds is 5. The monoisotopic (exact) mass is 321 g/mol. The summed E-state index contributed by atoms with van der Waals surface area (Å²) in [5.74, 6) is 0.776. The summed E-state index contributed by atoms with van der Waals surface area (Å²) in [6.45, 7) is 2.10. The van der Waals surface area contributed by atoms with E-state index in [-0.39, 0.29) is 0 Å². The minimum absolute atomic E-state index is 0.675. The Bertz CT molecular complexity index is 818. The van der Waals surface area contributed by atoms with Crippen LogP contribution in [0.3, 0.4) is 0 Å². The summed E-state index contributed by atoms with van der Waals surface area (Å²) >= 11 is 1.60. The Morgan fingerprint density at radius 1 is 1.13 bits per heavy atom. The Labute approximate surface area is 139 Å². The molecule has 0 fully saturated rings. The van der Waals surface area contributed by atoms with E-state index in [4.69, 9.17) is 5.26 Å². The van der Waals surface area contributed by atoms with Crippen molar-refractivity contribution in [3.63, 3.8) is 0 Å². The zero-order chi connectivity index (χ0) is 16.1. The van der Waals surface area contributed by atoms with E-state index in [1.807, 2.05) is 40.5 Å². The van der Waals surface area contributed by atoms with E-state index < -0.39 is 0 Å². The molecule has 3 rings (SSSR count). The summed E-state index contributed by atoms with van der Waals surface area (Å²) in [5, 5.41) is 17.4. The maximum Gasteiger partial charge on any atom is 0.117 e. The first kappa shape index (κ1) is 15.3. The molecule has 5 nitrogen and oxygen atoms in total. The van der Waals surface area contributed by atoms with Crippen LogP contribution in [0.1, 0.15) is 23.7 Å². The van der Waals surface area contributed by atoms with Gasteiger partial charge in [0.15, 0.2) is 0 Å². The van der Waals surface area contributed by atoms with E-state index in [0.29, 0.717) is 5.56 Å². The molecule has 2 heterocycles. The number of aromatic nitrogens is 4. The fourth-order valence-electron chi connectivity index (χ4n) is 2.24. The van der Waals surface area contributed by atoms with Crippen LogP contribution in [-0.4, -0.2) is 19.4 Å². The normalized spacial score (nSPS) is 10.4. The van der Waals surface area contributed by atoms with Crippen LogP contribution >= 0.6 is 11.9 Å². The van der Waals surface area contributed by atoms with Crippen LogP contribution in [0.25, 0.3) is 11.3 Å². The number of nitrogens with zero attached hydrogens (tertiary/aromatic N) is 5. The van der Waals surface area contributed by atoms with Crippen molar-refractivity contribution < 1.29 is 0 Å². The number of benzene rings is 1. The van der Waals surface area contributed by atoms with E-state index in [9.17, 15) is 0 Å². The zero-order valence-electron chi connectivity index (χ0n) is 12.7. The molecule has 0 aliphatic heterocycles. The summed E-state index contributed by atoms with van der Waals surface area (Å²) < 4.78 is 1.88. The second-order valence-electron chi connectivity index (χ2n) is 4.93. The average molecular weight is 321 g/mol. The molecule has 0 aliphatic rings. The molecule has 0 radical (unpaired) electrons. The van der Waals surface area contributed by atoms with Gasteiger partial charge in [-0.3, -0.25) is 4.98 Å². The Hall–Kier alpha value is -2.65. The number of hydrogen-bond donors (Lipinski definition) is 0. The lowest BCUT2D eigenvalue weighted by molar-refractivity contribution is 0.853. The molecule has 0 N–H and O–H groups in total. The molecule has 0 amide bonds. The summed E-state index contributed by atoms with van der Waals surface area (Å²) in [4.78, 5) is 4.04. The SMILES string of the molecule is CCc1c(-c2ccncc2)nnn1SCc1ccc(C#N)cc1. The lowest BCUT2D eigenvalue weighted by Crippen LogP contribution is -1.97. The minimum atomic E-state index is 0.675. The van der Waals surface area contributed by atoms with Gasteiger partial charge in [0.2, 0.25) is 0 Å². The van der Waals surface area contributed by atoms with Gasteiger partial charge in [-0.15, -0.1) is 5.10 Å². The van der Waals surface area contributed by atoms with Crippen LogP contribution in [-0.2, 0) is 12.2 Å². The van der Waals surface area contributed by atoms with Crippen LogP contribution in [0.15, 0.2) is 48.8 Å². The Morgan fingerprint density at radius 2 is 1.87 bits per heavy atom. The molecule has 1 aromatic carbocycles. The summed E-state index contributed by atoms with van der Waals surface area (Å²) in [6, 6.07) is 13.6. The Balaban J connectivity index is 1.78. The zero-order valence-corrected chi connectivity index (χ0v) is 13.5. The summed E-state index contributed by atoms with van der Waals surface area (Å²) in [5.41, 5.74) is 4.85. The van der Waals surface area contributed by atoms with Crippen molar-refractivity contribution >= 4 is 11.9 Å². The highest BCUT2D eigenvalue weighted by molar-refractivity contribution is 7.96. The predicted molar refractivity (Wildman–Crippen MR) is 90.5 cm³/mol. The van der Waals surface area contributed by atoms with Gasteiger partial charge >= 0.3 is 0 Å². The summed E-state index contributed by atoms with van der Waals surface area (Å²) in [6.07, 6.45) is 4.38. The van der Waals surface area contributed by atoms with Crippen molar-refractivity contribution in [2.45, 2.75) is 19.1 Å². The van der Waals surface area contributed by atoms with Crippen molar-refractivity contribution in [2.24, 2.45) is 0 Å². The van der Waals surface area contributed by atoms with Gasteiger partial charge in [-0.25, -0.2) is 0 Å². The predicted octanol–water partition coefficient (Wildman–Crippen LogP) is 3.47. The summed E-state index contributed by atoms with van der Waals surface area (Å²) in [7, 11) is 0. The molecule has 0 aliphatic carbocycles. The lowest BCUT2D eigenvalue weighted by Gasteiger charge is -2.05. The average Bonchev–Trinajstić information content (AvgIpc) is 3.04. The van der Waals surface area contributed by atoms with Gasteiger partial charge in [0.1, 0.15) is 5.69 Å². The van der Waals surface area contributed by atoms with Crippen LogP contribution in [0, 0.1) is 11.3 Å². The third kappa shape index (κ3) is 3.41. The standard InChI is InChI=1S/C17H15N5S/c1-2-16-17(15-7-9-19-10-8-15)20-21-22(16)23-12-14-5-3-13(11-18)4-6-14/h3-10H,2,12H2,1H3. The van der Waals surface area contributed by atoms with Gasteiger partial charge in [0, 0.05) is 23.7 Å².